The van der Waals surface area contributed by atoms with Crippen molar-refractivity contribution in [3.8, 4) is 0 Å². The van der Waals surface area contributed by atoms with Crippen molar-refractivity contribution in [3.05, 3.63) is 16.6 Å². The molecule has 1 saturated carbocycles. The lowest BCUT2D eigenvalue weighted by Crippen LogP contribution is -2.79. The number of rotatable bonds is 5. The average molecular weight is 459 g/mol. The van der Waals surface area contributed by atoms with E-state index >= 15 is 0 Å². The van der Waals surface area contributed by atoms with Crippen LogP contribution in [-0.4, -0.2) is 101 Å². The molecule has 10 atom stereocenters. The molecule has 0 radical (unpaired) electrons. The van der Waals surface area contributed by atoms with E-state index in [-0.39, 0.29) is 18.4 Å². The smallest absolute Gasteiger partial charge is 0.239 e. The van der Waals surface area contributed by atoms with Crippen molar-refractivity contribution < 1.29 is 34.3 Å². The van der Waals surface area contributed by atoms with E-state index in [0.717, 1.165) is 0 Å². The highest BCUT2D eigenvalue weighted by Gasteiger charge is 2.63. The largest absolute Gasteiger partial charge is 0.390 e. The van der Waals surface area contributed by atoms with Crippen LogP contribution < -0.4 is 16.0 Å². The summed E-state index contributed by atoms with van der Waals surface area (Å²) in [7, 11) is 3.29. The molecule has 1 aliphatic carbocycles. The van der Waals surface area contributed by atoms with Crippen LogP contribution in [-0.2, 0) is 25.4 Å². The number of amides is 1. The molecule has 2 saturated heterocycles. The minimum Gasteiger partial charge on any atom is -0.390 e. The van der Waals surface area contributed by atoms with E-state index in [1.807, 2.05) is 6.92 Å². The summed E-state index contributed by atoms with van der Waals surface area (Å²) in [4.78, 5) is 16.7. The van der Waals surface area contributed by atoms with Crippen LogP contribution in [0.1, 0.15) is 18.4 Å². The summed E-state index contributed by atoms with van der Waals surface area (Å²) in [6, 6.07) is -2.12. The highest BCUT2D eigenvalue weighted by atomic mass is 32.1. The first-order chi connectivity index (χ1) is 14.8. The summed E-state index contributed by atoms with van der Waals surface area (Å²) in [5.74, 6) is -2.30. The molecule has 0 bridgehead atoms. The van der Waals surface area contributed by atoms with Crippen LogP contribution in [0, 0.1) is 0 Å². The molecule has 6 N–H and O–H groups in total. The number of nitrogens with one attached hydrogen (secondary N) is 3. The number of fused-ring (bicyclic) bond motifs is 2. The fourth-order valence-corrected chi connectivity index (χ4v) is 5.35. The lowest BCUT2D eigenvalue weighted by Gasteiger charge is -2.58. The second-order valence-corrected chi connectivity index (χ2v) is 9.26. The molecule has 1 aromatic rings. The van der Waals surface area contributed by atoms with Gasteiger partial charge in [0.25, 0.3) is 0 Å². The second-order valence-electron chi connectivity index (χ2n) is 8.28. The lowest BCUT2D eigenvalue weighted by atomic mass is 9.79. The highest BCUT2D eigenvalue weighted by Crippen LogP contribution is 2.41. The van der Waals surface area contributed by atoms with E-state index in [1.54, 1.807) is 25.7 Å². The second kappa shape index (κ2) is 8.96. The van der Waals surface area contributed by atoms with Crippen LogP contribution >= 0.6 is 11.3 Å². The first-order valence-electron chi connectivity index (χ1n) is 10.4. The van der Waals surface area contributed by atoms with Gasteiger partial charge in [0.2, 0.25) is 18.0 Å². The molecule has 3 heterocycles. The van der Waals surface area contributed by atoms with E-state index in [0.29, 0.717) is 11.4 Å². The summed E-state index contributed by atoms with van der Waals surface area (Å²) >= 11 is 1.37. The van der Waals surface area contributed by atoms with Gasteiger partial charge >= 0.3 is 0 Å². The molecule has 2 aliphatic heterocycles. The zero-order valence-electron chi connectivity index (χ0n) is 17.6. The Labute approximate surface area is 184 Å². The van der Waals surface area contributed by atoms with E-state index in [2.05, 4.69) is 20.9 Å². The molecule has 0 spiro atoms. The fourth-order valence-electron chi connectivity index (χ4n) is 4.74. The number of aromatic nitrogens is 1. The Bertz CT molecular complexity index is 770. The fraction of sp³-hybridized carbons (Fsp3) is 0.789. The summed E-state index contributed by atoms with van der Waals surface area (Å²) < 4.78 is 17.9. The van der Waals surface area contributed by atoms with Gasteiger partial charge in [0.15, 0.2) is 0 Å². The maximum Gasteiger partial charge on any atom is 0.239 e. The van der Waals surface area contributed by atoms with Gasteiger partial charge in [-0.3, -0.25) is 4.79 Å². The molecule has 1 aromatic heterocycles. The quantitative estimate of drug-likeness (QED) is 0.284. The van der Waals surface area contributed by atoms with Gasteiger partial charge in [0, 0.05) is 11.6 Å². The molecule has 0 aromatic carbocycles. The third-order valence-electron chi connectivity index (χ3n) is 6.28. The van der Waals surface area contributed by atoms with E-state index in [9.17, 15) is 20.1 Å². The molecule has 3 fully saturated rings. The third kappa shape index (κ3) is 4.12. The van der Waals surface area contributed by atoms with Crippen molar-refractivity contribution >= 4 is 17.2 Å². The minimum atomic E-state index is -1.99. The summed E-state index contributed by atoms with van der Waals surface area (Å²) in [5.41, 5.74) is 0. The molecule has 4 rings (SSSR count). The van der Waals surface area contributed by atoms with Gasteiger partial charge in [-0.1, -0.05) is 0 Å². The van der Waals surface area contributed by atoms with Crippen LogP contribution in [0.25, 0.3) is 0 Å². The molecule has 12 heteroatoms. The van der Waals surface area contributed by atoms with Gasteiger partial charge in [0.1, 0.15) is 23.3 Å². The first kappa shape index (κ1) is 23.0. The highest BCUT2D eigenvalue weighted by molar-refractivity contribution is 7.09. The number of carbonyl (C=O) groups excluding carboxylic acids is 1. The number of likely N-dealkylation sites (N-methyl/N-ethyl adjacent to an activating group) is 2. The zero-order valence-corrected chi connectivity index (χ0v) is 18.4. The van der Waals surface area contributed by atoms with Gasteiger partial charge in [-0.25, -0.2) is 4.98 Å². The van der Waals surface area contributed by atoms with Gasteiger partial charge in [-0.05, 0) is 27.4 Å². The van der Waals surface area contributed by atoms with Crippen LogP contribution in [0.4, 0.5) is 0 Å². The third-order valence-corrected chi connectivity index (χ3v) is 7.06. The Morgan fingerprint density at radius 3 is 2.61 bits per heavy atom. The van der Waals surface area contributed by atoms with E-state index in [4.69, 9.17) is 14.2 Å². The summed E-state index contributed by atoms with van der Waals surface area (Å²) in [6.45, 7) is 1.81. The van der Waals surface area contributed by atoms with Crippen molar-refractivity contribution in [1.29, 1.82) is 0 Å². The number of carbonyl (C=O) groups is 1. The number of hydrogen-bond acceptors (Lipinski definition) is 11. The number of nitrogens with zero attached hydrogens (tertiary/aromatic N) is 1. The molecule has 1 amide bonds. The van der Waals surface area contributed by atoms with Gasteiger partial charge in [-0.15, -0.1) is 11.3 Å². The van der Waals surface area contributed by atoms with Crippen molar-refractivity contribution in [3.63, 3.8) is 0 Å². The molecule has 3 aliphatic rings. The van der Waals surface area contributed by atoms with Crippen LogP contribution in [0.3, 0.4) is 0 Å². The molecule has 3 unspecified atom stereocenters. The van der Waals surface area contributed by atoms with E-state index < -0.39 is 54.6 Å². The number of thiazole rings is 1. The number of aliphatic hydroxyl groups is 3. The SMILES string of the molecule is CN[C@@H]1[C@H](O)[C@H](NC)C2O[C@]3(O)C(OC2[C@@H]1O)O[C@H](C)C[C@H]3NC(=O)Cc1nccs1. The van der Waals surface area contributed by atoms with Gasteiger partial charge < -0.3 is 45.5 Å². The molecule has 11 nitrogen and oxygen atoms in total. The van der Waals surface area contributed by atoms with E-state index in [1.165, 1.54) is 11.3 Å². The minimum absolute atomic E-state index is 0.0808. The van der Waals surface area contributed by atoms with Crippen LogP contribution in [0.5, 0.6) is 0 Å². The monoisotopic (exact) mass is 458 g/mol. The molecular formula is C19H30N4O7S. The normalized spacial score (nSPS) is 44.9. The maximum absolute atomic E-state index is 12.6. The Balaban J connectivity index is 1.57. The predicted molar refractivity (Wildman–Crippen MR) is 109 cm³/mol. The lowest BCUT2D eigenvalue weighted by molar-refractivity contribution is -0.449. The molecule has 174 valence electrons. The first-order valence-corrected chi connectivity index (χ1v) is 11.3. The zero-order chi connectivity index (χ0) is 22.3. The topological polar surface area (TPSA) is 154 Å². The molecule has 31 heavy (non-hydrogen) atoms. The Morgan fingerprint density at radius 1 is 1.23 bits per heavy atom. The number of ether oxygens (including phenoxy) is 3. The van der Waals surface area contributed by atoms with Crippen molar-refractivity contribution in [1.82, 2.24) is 20.9 Å². The number of hydrogen-bond donors (Lipinski definition) is 6. The standard InChI is InChI=1S/C19H30N4O7S/c1-8-6-9(23-10(24)7-11-22-4-5-31-11)19(27)18(28-8)29-17-15(26)12(20-2)14(25)13(21-3)16(17)30-19/h4-5,8-9,12-18,20-21,25-27H,6-7H2,1-3H3,(H,23,24)/t8-,9-,12-,13+,14+,15-,16?,17?,18?,19+/m1/s1. The summed E-state index contributed by atoms with van der Waals surface area (Å²) in [5, 5.41) is 44.1. The van der Waals surface area contributed by atoms with Crippen molar-refractivity contribution in [2.45, 2.75) is 80.5 Å². The molecular weight excluding hydrogens is 428 g/mol. The maximum atomic E-state index is 12.6. The van der Waals surface area contributed by atoms with Crippen molar-refractivity contribution in [2.24, 2.45) is 0 Å². The predicted octanol–water partition coefficient (Wildman–Crippen LogP) is -2.31. The number of aliphatic hydroxyl groups excluding tert-OH is 2. The van der Waals surface area contributed by atoms with Crippen LogP contribution in [0.15, 0.2) is 11.6 Å². The Kier molecular flexibility index (Phi) is 6.64. The summed E-state index contributed by atoms with van der Waals surface area (Å²) in [6.07, 6.45) is -3.39. The average Bonchev–Trinajstić information content (AvgIpc) is 3.21. The Morgan fingerprint density at radius 2 is 1.97 bits per heavy atom. The van der Waals surface area contributed by atoms with Crippen molar-refractivity contribution in [2.75, 3.05) is 14.1 Å². The van der Waals surface area contributed by atoms with Crippen LogP contribution in [0.2, 0.25) is 0 Å². The van der Waals surface area contributed by atoms with Gasteiger partial charge in [-0.2, -0.15) is 0 Å². The Hall–Kier alpha value is -1.22. The van der Waals surface area contributed by atoms with Gasteiger partial charge in [0.05, 0.1) is 36.8 Å².